The maximum atomic E-state index is 5.86. The van der Waals surface area contributed by atoms with Gasteiger partial charge in [-0.3, -0.25) is 9.98 Å². The van der Waals surface area contributed by atoms with Crippen molar-refractivity contribution in [3.8, 4) is 5.75 Å². The number of ether oxygens (including phenoxy) is 1. The molecule has 4 N–H and O–H groups in total. The van der Waals surface area contributed by atoms with E-state index >= 15 is 0 Å². The topological polar surface area (TPSA) is 101 Å². The van der Waals surface area contributed by atoms with E-state index in [4.69, 9.17) is 10.5 Å². The zero-order valence-corrected chi connectivity index (χ0v) is 17.8. The molecule has 2 rings (SSSR count). The maximum Gasteiger partial charge on any atom is 0.188 e. The van der Waals surface area contributed by atoms with E-state index in [1.807, 2.05) is 18.3 Å². The summed E-state index contributed by atoms with van der Waals surface area (Å²) >= 11 is 0. The van der Waals surface area contributed by atoms with Crippen molar-refractivity contribution >= 4 is 43.2 Å². The zero-order valence-electron chi connectivity index (χ0n) is 15.4. The van der Waals surface area contributed by atoms with Crippen LogP contribution in [0.4, 0.5) is 0 Å². The highest BCUT2D eigenvalue weighted by Gasteiger charge is 2.02. The van der Waals surface area contributed by atoms with Crippen LogP contribution in [-0.4, -0.2) is 41.1 Å². The molecule has 0 spiro atoms. The predicted octanol–water partition coefficient (Wildman–Crippen LogP) is 2.94. The van der Waals surface area contributed by atoms with Crippen LogP contribution in [0, 0.1) is 0 Å². The minimum atomic E-state index is 0. The SMILES string of the molecule is COc1cccnc1CCCCNC(N)=NCCCc1cnc[nH]1.Cl.Cl.Cl. The van der Waals surface area contributed by atoms with Gasteiger partial charge in [-0.05, 0) is 44.2 Å². The van der Waals surface area contributed by atoms with E-state index in [1.165, 1.54) is 0 Å². The Morgan fingerprint density at radius 2 is 2.04 bits per heavy atom. The van der Waals surface area contributed by atoms with Gasteiger partial charge in [0.05, 0.1) is 19.1 Å². The summed E-state index contributed by atoms with van der Waals surface area (Å²) in [6.07, 6.45) is 10.1. The highest BCUT2D eigenvalue weighted by atomic mass is 35.5. The van der Waals surface area contributed by atoms with Gasteiger partial charge in [0, 0.05) is 31.2 Å². The molecule has 0 amide bonds. The number of rotatable bonds is 10. The number of halogens is 3. The van der Waals surface area contributed by atoms with Crippen molar-refractivity contribution in [2.45, 2.75) is 32.1 Å². The van der Waals surface area contributed by atoms with Crippen LogP contribution in [-0.2, 0) is 12.8 Å². The monoisotopic (exact) mass is 438 g/mol. The third-order valence-electron chi connectivity index (χ3n) is 3.66. The Morgan fingerprint density at radius 1 is 1.22 bits per heavy atom. The lowest BCUT2D eigenvalue weighted by molar-refractivity contribution is 0.406. The van der Waals surface area contributed by atoms with Crippen LogP contribution in [0.25, 0.3) is 0 Å². The molecular formula is C17H29Cl3N6O. The number of guanidine groups is 1. The number of aromatic amines is 1. The fourth-order valence-corrected chi connectivity index (χ4v) is 2.38. The number of hydrogen-bond donors (Lipinski definition) is 3. The number of nitrogens with zero attached hydrogens (tertiary/aromatic N) is 3. The first-order chi connectivity index (χ1) is 11.8. The first-order valence-corrected chi connectivity index (χ1v) is 8.28. The summed E-state index contributed by atoms with van der Waals surface area (Å²) in [4.78, 5) is 15.7. The number of H-pyrrole nitrogens is 1. The highest BCUT2D eigenvalue weighted by Crippen LogP contribution is 2.16. The predicted molar refractivity (Wildman–Crippen MR) is 117 cm³/mol. The molecule has 2 aromatic heterocycles. The maximum absolute atomic E-state index is 5.86. The molecule has 10 heteroatoms. The van der Waals surface area contributed by atoms with E-state index < -0.39 is 0 Å². The summed E-state index contributed by atoms with van der Waals surface area (Å²) in [5.41, 5.74) is 7.99. The van der Waals surface area contributed by atoms with Gasteiger partial charge in [0.25, 0.3) is 0 Å². The molecule has 0 aliphatic heterocycles. The third-order valence-corrected chi connectivity index (χ3v) is 3.66. The molecule has 7 nitrogen and oxygen atoms in total. The fourth-order valence-electron chi connectivity index (χ4n) is 2.38. The third kappa shape index (κ3) is 10.9. The van der Waals surface area contributed by atoms with Crippen LogP contribution in [0.3, 0.4) is 0 Å². The summed E-state index contributed by atoms with van der Waals surface area (Å²) in [6.45, 7) is 1.52. The summed E-state index contributed by atoms with van der Waals surface area (Å²) in [7, 11) is 1.67. The largest absolute Gasteiger partial charge is 0.495 e. The summed E-state index contributed by atoms with van der Waals surface area (Å²) in [6, 6.07) is 3.82. The number of nitrogens with one attached hydrogen (secondary N) is 2. The Kier molecular flexibility index (Phi) is 16.8. The number of pyridine rings is 1. The molecule has 2 heterocycles. The molecule has 0 unspecified atom stereocenters. The van der Waals surface area contributed by atoms with Crippen LogP contribution >= 0.6 is 37.2 Å². The minimum Gasteiger partial charge on any atom is -0.495 e. The number of aromatic nitrogens is 3. The molecule has 154 valence electrons. The Morgan fingerprint density at radius 3 is 2.74 bits per heavy atom. The van der Waals surface area contributed by atoms with Gasteiger partial charge in [0.2, 0.25) is 0 Å². The first kappa shape index (κ1) is 27.5. The molecule has 0 aliphatic rings. The molecule has 0 saturated heterocycles. The van der Waals surface area contributed by atoms with Gasteiger partial charge in [-0.25, -0.2) is 4.98 Å². The normalized spacial score (nSPS) is 10.2. The smallest absolute Gasteiger partial charge is 0.188 e. The van der Waals surface area contributed by atoms with Gasteiger partial charge >= 0.3 is 0 Å². The quantitative estimate of drug-likeness (QED) is 0.300. The Hall–Kier alpha value is -1.70. The molecule has 0 saturated carbocycles. The summed E-state index contributed by atoms with van der Waals surface area (Å²) < 4.78 is 5.30. The molecule has 0 radical (unpaired) electrons. The molecule has 2 aromatic rings. The second kappa shape index (κ2) is 16.5. The van der Waals surface area contributed by atoms with E-state index in [0.717, 1.165) is 55.8 Å². The lowest BCUT2D eigenvalue weighted by atomic mass is 10.1. The second-order valence-electron chi connectivity index (χ2n) is 5.48. The molecule has 0 aliphatic carbocycles. The molecular weight excluding hydrogens is 411 g/mol. The molecule has 27 heavy (non-hydrogen) atoms. The lowest BCUT2D eigenvalue weighted by Gasteiger charge is -2.08. The van der Waals surface area contributed by atoms with E-state index in [2.05, 4.69) is 25.3 Å². The van der Waals surface area contributed by atoms with Crippen molar-refractivity contribution in [3.05, 3.63) is 42.2 Å². The Bertz CT molecular complexity index is 625. The molecule has 0 aromatic carbocycles. The number of aliphatic imine (C=N–C) groups is 1. The Balaban J connectivity index is 0. The van der Waals surface area contributed by atoms with Crippen molar-refractivity contribution in [2.24, 2.45) is 10.7 Å². The van der Waals surface area contributed by atoms with Gasteiger partial charge in [0.1, 0.15) is 5.75 Å². The van der Waals surface area contributed by atoms with Gasteiger partial charge in [-0.2, -0.15) is 0 Å². The zero-order chi connectivity index (χ0) is 17.0. The highest BCUT2D eigenvalue weighted by molar-refractivity contribution is 5.86. The number of aryl methyl sites for hydroxylation is 2. The van der Waals surface area contributed by atoms with E-state index in [9.17, 15) is 0 Å². The van der Waals surface area contributed by atoms with Crippen LogP contribution in [0.1, 0.15) is 30.7 Å². The van der Waals surface area contributed by atoms with E-state index in [1.54, 1.807) is 19.6 Å². The molecule has 0 atom stereocenters. The summed E-state index contributed by atoms with van der Waals surface area (Å²) in [5.74, 6) is 1.36. The minimum absolute atomic E-state index is 0. The van der Waals surface area contributed by atoms with Gasteiger partial charge in [-0.1, -0.05) is 0 Å². The first-order valence-electron chi connectivity index (χ1n) is 8.28. The van der Waals surface area contributed by atoms with Gasteiger partial charge in [-0.15, -0.1) is 37.2 Å². The van der Waals surface area contributed by atoms with E-state index in [-0.39, 0.29) is 37.2 Å². The van der Waals surface area contributed by atoms with Crippen molar-refractivity contribution in [1.82, 2.24) is 20.3 Å². The Labute approximate surface area is 179 Å². The number of unbranched alkanes of at least 4 members (excludes halogenated alkanes) is 1. The van der Waals surface area contributed by atoms with Crippen molar-refractivity contribution in [3.63, 3.8) is 0 Å². The molecule has 0 fully saturated rings. The van der Waals surface area contributed by atoms with Crippen LogP contribution in [0.5, 0.6) is 5.75 Å². The van der Waals surface area contributed by atoms with Gasteiger partial charge < -0.3 is 20.8 Å². The van der Waals surface area contributed by atoms with E-state index in [0.29, 0.717) is 12.5 Å². The van der Waals surface area contributed by atoms with Crippen molar-refractivity contribution < 1.29 is 4.74 Å². The fraction of sp³-hybridized carbons (Fsp3) is 0.471. The standard InChI is InChI=1S/C17H26N6O.3ClH/c1-24-16-8-5-10-20-15(16)7-2-3-9-21-17(18)22-11-4-6-14-12-19-13-23-14;;;/h5,8,10,12-13H,2-4,6-7,9,11H2,1H3,(H,19,23)(H3,18,21,22);3*1H. The van der Waals surface area contributed by atoms with Crippen LogP contribution < -0.4 is 15.8 Å². The number of imidazole rings is 1. The number of methoxy groups -OCH3 is 1. The molecule has 0 bridgehead atoms. The second-order valence-corrected chi connectivity index (χ2v) is 5.48. The van der Waals surface area contributed by atoms with Crippen LogP contribution in [0.15, 0.2) is 35.8 Å². The summed E-state index contributed by atoms with van der Waals surface area (Å²) in [5, 5.41) is 3.15. The van der Waals surface area contributed by atoms with Crippen molar-refractivity contribution in [2.75, 3.05) is 20.2 Å². The average molecular weight is 440 g/mol. The average Bonchev–Trinajstić information content (AvgIpc) is 3.12. The van der Waals surface area contributed by atoms with Gasteiger partial charge in [0.15, 0.2) is 5.96 Å². The lowest BCUT2D eigenvalue weighted by Crippen LogP contribution is -2.32. The number of hydrogen-bond acceptors (Lipinski definition) is 4. The van der Waals surface area contributed by atoms with Crippen molar-refractivity contribution in [1.29, 1.82) is 0 Å². The number of nitrogens with two attached hydrogens (primary N) is 1. The van der Waals surface area contributed by atoms with Crippen LogP contribution in [0.2, 0.25) is 0 Å².